The van der Waals surface area contributed by atoms with Crippen LogP contribution in [0.5, 0.6) is 0 Å². The lowest BCUT2D eigenvalue weighted by molar-refractivity contribution is -0.121. The Kier molecular flexibility index (Phi) is 4.65. The van der Waals surface area contributed by atoms with Crippen LogP contribution in [0.15, 0.2) is 12.1 Å². The largest absolute Gasteiger partial charge is 0.324 e. The Bertz CT molecular complexity index is 504. The predicted molar refractivity (Wildman–Crippen MR) is 81.6 cm³/mol. The summed E-state index contributed by atoms with van der Waals surface area (Å²) in [5.41, 5.74) is 1.12. The predicted octanol–water partition coefficient (Wildman–Crippen LogP) is 5.00. The summed E-state index contributed by atoms with van der Waals surface area (Å²) < 4.78 is 0. The number of alkyl halides is 1. The molecule has 0 aliphatic carbocycles. The number of amides is 1. The molecule has 0 radical (unpaired) electrons. The van der Waals surface area contributed by atoms with Crippen LogP contribution in [0.2, 0.25) is 10.0 Å². The van der Waals surface area contributed by atoms with Crippen LogP contribution < -0.4 is 5.32 Å². The van der Waals surface area contributed by atoms with Gasteiger partial charge in [0.25, 0.3) is 0 Å². The van der Waals surface area contributed by atoms with Crippen LogP contribution in [-0.4, -0.2) is 11.8 Å². The van der Waals surface area contributed by atoms with Gasteiger partial charge in [-0.25, -0.2) is 0 Å². The van der Waals surface area contributed by atoms with E-state index in [-0.39, 0.29) is 5.91 Å². The van der Waals surface area contributed by atoms with Gasteiger partial charge in [-0.1, -0.05) is 36.5 Å². The molecule has 2 rings (SSSR count). The summed E-state index contributed by atoms with van der Waals surface area (Å²) in [6.07, 6.45) is 3.31. The summed E-state index contributed by atoms with van der Waals surface area (Å²) in [6.45, 7) is 2.02. The van der Waals surface area contributed by atoms with Crippen LogP contribution in [0.25, 0.3) is 0 Å². The van der Waals surface area contributed by atoms with Crippen molar-refractivity contribution in [2.24, 2.45) is 0 Å². The van der Waals surface area contributed by atoms with E-state index in [0.29, 0.717) is 21.6 Å². The zero-order valence-electron chi connectivity index (χ0n) is 10.7. The van der Waals surface area contributed by atoms with Crippen LogP contribution in [0.1, 0.15) is 38.2 Å². The molecule has 1 aromatic rings. The first kappa shape index (κ1) is 15.0. The van der Waals surface area contributed by atoms with Crippen LogP contribution in [0, 0.1) is 0 Å². The molecule has 0 aromatic heterocycles. The molecule has 19 heavy (non-hydrogen) atoms. The molecule has 5 heteroatoms. The van der Waals surface area contributed by atoms with Crippen LogP contribution in [-0.2, 0) is 10.2 Å². The van der Waals surface area contributed by atoms with Crippen molar-refractivity contribution >= 4 is 46.4 Å². The maximum Gasteiger partial charge on any atom is 0.235 e. The SMILES string of the molecule is CCC1(CCCCCl)C(=O)Nc2c(Cl)cc(Cl)cc21. The first-order valence-corrected chi connectivity index (χ1v) is 7.71. The number of rotatable bonds is 5. The quantitative estimate of drug-likeness (QED) is 0.600. The average Bonchev–Trinajstić information content (AvgIpc) is 2.64. The first-order chi connectivity index (χ1) is 9.05. The van der Waals surface area contributed by atoms with Gasteiger partial charge in [0.05, 0.1) is 16.1 Å². The van der Waals surface area contributed by atoms with E-state index in [1.165, 1.54) is 0 Å². The topological polar surface area (TPSA) is 29.1 Å². The lowest BCUT2D eigenvalue weighted by atomic mass is 9.75. The monoisotopic (exact) mass is 319 g/mol. The molecule has 104 valence electrons. The fourth-order valence-corrected chi connectivity index (χ4v) is 3.46. The highest BCUT2D eigenvalue weighted by molar-refractivity contribution is 6.37. The molecule has 1 aliphatic heterocycles. The zero-order valence-corrected chi connectivity index (χ0v) is 13.0. The number of carbonyl (C=O) groups excluding carboxylic acids is 1. The van der Waals surface area contributed by atoms with E-state index in [1.807, 2.05) is 13.0 Å². The second-order valence-corrected chi connectivity index (χ2v) is 6.07. The molecular formula is C14H16Cl3NO. The van der Waals surface area contributed by atoms with Gasteiger partial charge >= 0.3 is 0 Å². The first-order valence-electron chi connectivity index (χ1n) is 6.42. The van der Waals surface area contributed by atoms with Gasteiger partial charge in [0.15, 0.2) is 0 Å². The highest BCUT2D eigenvalue weighted by Crippen LogP contribution is 2.47. The lowest BCUT2D eigenvalue weighted by Crippen LogP contribution is -2.33. The van der Waals surface area contributed by atoms with Crippen molar-refractivity contribution in [1.29, 1.82) is 0 Å². The Balaban J connectivity index is 2.43. The molecule has 1 atom stereocenters. The fourth-order valence-electron chi connectivity index (χ4n) is 2.73. The summed E-state index contributed by atoms with van der Waals surface area (Å²) in [6, 6.07) is 3.51. The minimum Gasteiger partial charge on any atom is -0.324 e. The summed E-state index contributed by atoms with van der Waals surface area (Å²) in [4.78, 5) is 12.4. The summed E-state index contributed by atoms with van der Waals surface area (Å²) in [7, 11) is 0. The van der Waals surface area contributed by atoms with E-state index in [4.69, 9.17) is 34.8 Å². The van der Waals surface area contributed by atoms with Crippen molar-refractivity contribution < 1.29 is 4.79 Å². The van der Waals surface area contributed by atoms with E-state index < -0.39 is 5.41 Å². The van der Waals surface area contributed by atoms with Crippen LogP contribution in [0.4, 0.5) is 5.69 Å². The van der Waals surface area contributed by atoms with Crippen molar-refractivity contribution in [1.82, 2.24) is 0 Å². The molecule has 1 unspecified atom stereocenters. The van der Waals surface area contributed by atoms with Gasteiger partial charge in [0, 0.05) is 10.9 Å². The average molecular weight is 321 g/mol. The maximum atomic E-state index is 12.4. The van der Waals surface area contributed by atoms with E-state index >= 15 is 0 Å². The fraction of sp³-hybridized carbons (Fsp3) is 0.500. The Morgan fingerprint density at radius 1 is 1.26 bits per heavy atom. The van der Waals surface area contributed by atoms with Crippen LogP contribution in [0.3, 0.4) is 0 Å². The summed E-state index contributed by atoms with van der Waals surface area (Å²) >= 11 is 18.0. The van der Waals surface area contributed by atoms with E-state index in [2.05, 4.69) is 5.32 Å². The molecule has 1 amide bonds. The van der Waals surface area contributed by atoms with Gasteiger partial charge in [-0.3, -0.25) is 4.79 Å². The molecule has 1 heterocycles. The second-order valence-electron chi connectivity index (χ2n) is 4.85. The standard InChI is InChI=1S/C14H16Cl3NO/c1-2-14(5-3-4-6-15)10-7-9(16)8-11(17)12(10)18-13(14)19/h7-8H,2-6H2,1H3,(H,18,19). The number of halogens is 3. The van der Waals surface area contributed by atoms with Crippen molar-refractivity contribution in [3.8, 4) is 0 Å². The normalized spacial score (nSPS) is 21.4. The molecule has 1 aromatic carbocycles. The van der Waals surface area contributed by atoms with Gasteiger partial charge in [0.2, 0.25) is 5.91 Å². The van der Waals surface area contributed by atoms with Gasteiger partial charge in [-0.05, 0) is 37.0 Å². The molecule has 1 aliphatic rings. The molecule has 0 spiro atoms. The highest BCUT2D eigenvalue weighted by atomic mass is 35.5. The number of benzene rings is 1. The van der Waals surface area contributed by atoms with Crippen molar-refractivity contribution in [2.45, 2.75) is 38.0 Å². The lowest BCUT2D eigenvalue weighted by Gasteiger charge is -2.26. The smallest absolute Gasteiger partial charge is 0.235 e. The van der Waals surface area contributed by atoms with Gasteiger partial charge in [-0.2, -0.15) is 0 Å². The number of anilines is 1. The zero-order chi connectivity index (χ0) is 14.0. The highest BCUT2D eigenvalue weighted by Gasteiger charge is 2.45. The minimum atomic E-state index is -0.518. The number of fused-ring (bicyclic) bond motifs is 1. The molecule has 0 bridgehead atoms. The van der Waals surface area contributed by atoms with Gasteiger partial charge in [-0.15, -0.1) is 11.6 Å². The van der Waals surface area contributed by atoms with E-state index in [1.54, 1.807) is 6.07 Å². The summed E-state index contributed by atoms with van der Waals surface area (Å²) in [5.74, 6) is 0.633. The molecule has 0 fully saturated rings. The third-order valence-electron chi connectivity index (χ3n) is 3.83. The number of nitrogens with one attached hydrogen (secondary N) is 1. The van der Waals surface area contributed by atoms with Gasteiger partial charge < -0.3 is 5.32 Å². The number of unbranched alkanes of at least 4 members (excludes halogenated alkanes) is 1. The molecule has 0 saturated carbocycles. The van der Waals surface area contributed by atoms with Gasteiger partial charge in [0.1, 0.15) is 0 Å². The molecule has 2 nitrogen and oxygen atoms in total. The van der Waals surface area contributed by atoms with Crippen LogP contribution >= 0.6 is 34.8 Å². The minimum absolute atomic E-state index is 0.0174. The Hall–Kier alpha value is -0.440. The number of hydrogen-bond acceptors (Lipinski definition) is 1. The molecular weight excluding hydrogens is 305 g/mol. The van der Waals surface area contributed by atoms with E-state index in [9.17, 15) is 4.79 Å². The molecule has 1 N–H and O–H groups in total. The van der Waals surface area contributed by atoms with E-state index in [0.717, 1.165) is 31.2 Å². The second kappa shape index (κ2) is 5.90. The summed E-state index contributed by atoms with van der Waals surface area (Å²) in [5, 5.41) is 3.97. The third-order valence-corrected chi connectivity index (χ3v) is 4.62. The van der Waals surface area contributed by atoms with Crippen molar-refractivity contribution in [2.75, 3.05) is 11.2 Å². The van der Waals surface area contributed by atoms with Crippen molar-refractivity contribution in [3.63, 3.8) is 0 Å². The Morgan fingerprint density at radius 3 is 2.63 bits per heavy atom. The Morgan fingerprint density at radius 2 is 2.00 bits per heavy atom. The Labute approximate surface area is 128 Å². The van der Waals surface area contributed by atoms with Crippen molar-refractivity contribution in [3.05, 3.63) is 27.7 Å². The maximum absolute atomic E-state index is 12.4. The number of carbonyl (C=O) groups is 1. The molecule has 0 saturated heterocycles. The third kappa shape index (κ3) is 2.58. The number of hydrogen-bond donors (Lipinski definition) is 1.